The second-order valence-electron chi connectivity index (χ2n) is 4.90. The largest absolute Gasteiger partial charge is 0.392 e. The molecule has 0 aliphatic rings. The van der Waals surface area contributed by atoms with Crippen molar-refractivity contribution in [3.63, 3.8) is 0 Å². The van der Waals surface area contributed by atoms with Crippen molar-refractivity contribution in [1.82, 2.24) is 4.57 Å². The fourth-order valence-electron chi connectivity index (χ4n) is 2.44. The molecule has 2 aromatic carbocycles. The maximum Gasteiger partial charge on any atom is 0.235 e. The molecular formula is C17H14BrNO2. The topological polar surface area (TPSA) is 42.2 Å². The number of aliphatic hydroxyl groups is 1. The van der Waals surface area contributed by atoms with Gasteiger partial charge in [0.15, 0.2) is 0 Å². The third kappa shape index (κ3) is 2.77. The Labute approximate surface area is 131 Å². The van der Waals surface area contributed by atoms with Crippen LogP contribution in [0.25, 0.3) is 10.9 Å². The quantitative estimate of drug-likeness (QED) is 0.786. The van der Waals surface area contributed by atoms with Gasteiger partial charge < -0.3 is 5.11 Å². The predicted molar refractivity (Wildman–Crippen MR) is 86.3 cm³/mol. The van der Waals surface area contributed by atoms with Gasteiger partial charge in [-0.3, -0.25) is 9.36 Å². The molecule has 0 bridgehead atoms. The molecule has 0 saturated carbocycles. The second-order valence-corrected chi connectivity index (χ2v) is 5.81. The van der Waals surface area contributed by atoms with Gasteiger partial charge in [0, 0.05) is 21.6 Å². The number of nitrogens with zero attached hydrogens (tertiary/aromatic N) is 1. The lowest BCUT2D eigenvalue weighted by molar-refractivity contribution is 0.0919. The summed E-state index contributed by atoms with van der Waals surface area (Å²) in [6.07, 6.45) is 2.06. The van der Waals surface area contributed by atoms with E-state index in [1.54, 1.807) is 10.8 Å². The van der Waals surface area contributed by atoms with E-state index < -0.39 is 0 Å². The van der Waals surface area contributed by atoms with E-state index in [2.05, 4.69) is 15.9 Å². The Bertz CT molecular complexity index is 790. The van der Waals surface area contributed by atoms with E-state index in [1.165, 1.54) is 0 Å². The average molecular weight is 344 g/mol. The second kappa shape index (κ2) is 5.84. The lowest BCUT2D eigenvalue weighted by Gasteiger charge is -2.04. The first-order valence-electron chi connectivity index (χ1n) is 6.66. The number of aliphatic hydroxyl groups excluding tert-OH is 1. The van der Waals surface area contributed by atoms with Gasteiger partial charge >= 0.3 is 0 Å². The number of aromatic nitrogens is 1. The van der Waals surface area contributed by atoms with E-state index in [-0.39, 0.29) is 12.5 Å². The van der Waals surface area contributed by atoms with Gasteiger partial charge in [-0.25, -0.2) is 0 Å². The minimum Gasteiger partial charge on any atom is -0.392 e. The van der Waals surface area contributed by atoms with E-state index >= 15 is 0 Å². The summed E-state index contributed by atoms with van der Waals surface area (Å²) in [5, 5.41) is 10.3. The van der Waals surface area contributed by atoms with Crippen LogP contribution in [0.3, 0.4) is 0 Å². The lowest BCUT2D eigenvalue weighted by atomic mass is 10.1. The highest BCUT2D eigenvalue weighted by Crippen LogP contribution is 2.22. The number of fused-ring (bicyclic) bond motifs is 1. The summed E-state index contributed by atoms with van der Waals surface area (Å²) in [6.45, 7) is -0.0704. The van der Waals surface area contributed by atoms with Crippen molar-refractivity contribution in [1.29, 1.82) is 0 Å². The third-order valence-electron chi connectivity index (χ3n) is 3.50. The summed E-state index contributed by atoms with van der Waals surface area (Å²) < 4.78 is 2.62. The lowest BCUT2D eigenvalue weighted by Crippen LogP contribution is -2.12. The van der Waals surface area contributed by atoms with Gasteiger partial charge in [-0.1, -0.05) is 46.3 Å². The highest BCUT2D eigenvalue weighted by Gasteiger charge is 2.13. The molecule has 0 saturated heterocycles. The van der Waals surface area contributed by atoms with Gasteiger partial charge in [0.1, 0.15) is 0 Å². The molecule has 3 aromatic rings. The van der Waals surface area contributed by atoms with Gasteiger partial charge in [0.05, 0.1) is 18.5 Å². The van der Waals surface area contributed by atoms with Crippen molar-refractivity contribution in [3.05, 3.63) is 70.3 Å². The number of benzene rings is 2. The molecule has 1 heterocycles. The van der Waals surface area contributed by atoms with Crippen molar-refractivity contribution in [2.45, 2.75) is 13.0 Å². The Morgan fingerprint density at radius 2 is 1.81 bits per heavy atom. The van der Waals surface area contributed by atoms with Crippen LogP contribution in [0.4, 0.5) is 0 Å². The van der Waals surface area contributed by atoms with Gasteiger partial charge in [-0.2, -0.15) is 0 Å². The maximum atomic E-state index is 12.5. The number of rotatable bonds is 3. The summed E-state index contributed by atoms with van der Waals surface area (Å²) in [5.41, 5.74) is 2.57. The highest BCUT2D eigenvalue weighted by molar-refractivity contribution is 9.10. The maximum absolute atomic E-state index is 12.5. The first kappa shape index (κ1) is 14.0. The van der Waals surface area contributed by atoms with Crippen LogP contribution in [-0.2, 0) is 13.0 Å². The van der Waals surface area contributed by atoms with Crippen LogP contribution in [0.1, 0.15) is 15.9 Å². The number of carbonyl (C=O) groups excluding carboxylic acids is 1. The zero-order valence-electron chi connectivity index (χ0n) is 11.3. The van der Waals surface area contributed by atoms with Crippen molar-refractivity contribution < 1.29 is 9.90 Å². The van der Waals surface area contributed by atoms with Crippen molar-refractivity contribution in [3.8, 4) is 0 Å². The van der Waals surface area contributed by atoms with Crippen LogP contribution in [0, 0.1) is 0 Å². The first-order valence-corrected chi connectivity index (χ1v) is 7.46. The molecule has 0 aliphatic heterocycles. The summed E-state index contributed by atoms with van der Waals surface area (Å²) in [7, 11) is 0. The Morgan fingerprint density at radius 3 is 2.52 bits per heavy atom. The third-order valence-corrected chi connectivity index (χ3v) is 4.03. The molecular weight excluding hydrogens is 330 g/mol. The predicted octanol–water partition coefficient (Wildman–Crippen LogP) is 3.78. The van der Waals surface area contributed by atoms with E-state index in [0.717, 1.165) is 26.5 Å². The molecule has 0 unspecified atom stereocenters. The van der Waals surface area contributed by atoms with Gasteiger partial charge in [-0.15, -0.1) is 0 Å². The molecule has 4 heteroatoms. The molecule has 0 spiro atoms. The molecule has 0 aliphatic carbocycles. The molecule has 0 fully saturated rings. The van der Waals surface area contributed by atoms with Crippen molar-refractivity contribution >= 4 is 32.7 Å². The van der Waals surface area contributed by atoms with E-state index in [1.807, 2.05) is 48.5 Å². The Balaban J connectivity index is 1.96. The molecule has 1 aromatic heterocycles. The average Bonchev–Trinajstić information content (AvgIpc) is 2.88. The van der Waals surface area contributed by atoms with Crippen molar-refractivity contribution in [2.75, 3.05) is 0 Å². The molecule has 0 radical (unpaired) electrons. The van der Waals surface area contributed by atoms with Crippen LogP contribution < -0.4 is 0 Å². The Morgan fingerprint density at radius 1 is 1.10 bits per heavy atom. The molecule has 3 nitrogen and oxygen atoms in total. The number of para-hydroxylation sites is 1. The summed E-state index contributed by atoms with van der Waals surface area (Å²) in [6, 6.07) is 15.3. The van der Waals surface area contributed by atoms with Gasteiger partial charge in [0.2, 0.25) is 5.91 Å². The van der Waals surface area contributed by atoms with Crippen LogP contribution >= 0.6 is 15.9 Å². The standard InChI is InChI=1S/C17H14BrNO2/c18-14-7-5-12(6-8-14)9-17(21)19-10-13(11-20)15-3-1-2-4-16(15)19/h1-8,10,20H,9,11H2. The van der Waals surface area contributed by atoms with Crippen LogP contribution in [0.15, 0.2) is 59.2 Å². The van der Waals surface area contributed by atoms with Crippen molar-refractivity contribution in [2.24, 2.45) is 0 Å². The fourth-order valence-corrected chi connectivity index (χ4v) is 2.71. The molecule has 0 amide bonds. The zero-order valence-corrected chi connectivity index (χ0v) is 12.9. The molecule has 3 rings (SSSR count). The normalized spacial score (nSPS) is 11.0. The number of halogens is 1. The zero-order chi connectivity index (χ0) is 14.8. The smallest absolute Gasteiger partial charge is 0.235 e. The first-order chi connectivity index (χ1) is 10.2. The van der Waals surface area contributed by atoms with E-state index in [9.17, 15) is 9.90 Å². The number of carbonyl (C=O) groups is 1. The van der Waals surface area contributed by atoms with E-state index in [4.69, 9.17) is 0 Å². The summed E-state index contributed by atoms with van der Waals surface area (Å²) in [4.78, 5) is 12.5. The van der Waals surface area contributed by atoms with Crippen LogP contribution in [-0.4, -0.2) is 15.6 Å². The van der Waals surface area contributed by atoms with E-state index in [0.29, 0.717) is 6.42 Å². The Hall–Kier alpha value is -1.91. The van der Waals surface area contributed by atoms with Gasteiger partial charge in [0.25, 0.3) is 0 Å². The number of hydrogen-bond acceptors (Lipinski definition) is 2. The molecule has 21 heavy (non-hydrogen) atoms. The SMILES string of the molecule is O=C(Cc1ccc(Br)cc1)n1cc(CO)c2ccccc21. The molecule has 106 valence electrons. The fraction of sp³-hybridized carbons (Fsp3) is 0.118. The molecule has 0 atom stereocenters. The minimum absolute atomic E-state index is 0.00628. The van der Waals surface area contributed by atoms with Crippen LogP contribution in [0.5, 0.6) is 0 Å². The minimum atomic E-state index is -0.0704. The summed E-state index contributed by atoms with van der Waals surface area (Å²) in [5.74, 6) is -0.00628. The number of hydrogen-bond donors (Lipinski definition) is 1. The summed E-state index contributed by atoms with van der Waals surface area (Å²) >= 11 is 3.38. The van der Waals surface area contributed by atoms with Crippen LogP contribution in [0.2, 0.25) is 0 Å². The highest BCUT2D eigenvalue weighted by atomic mass is 79.9. The molecule has 1 N–H and O–H groups in total. The Kier molecular flexibility index (Phi) is 3.90. The monoisotopic (exact) mass is 343 g/mol. The van der Waals surface area contributed by atoms with Gasteiger partial charge in [-0.05, 0) is 23.8 Å².